The molecule has 1 aromatic carbocycles. The Morgan fingerprint density at radius 2 is 2.20 bits per heavy atom. The average molecular weight is 248 g/mol. The van der Waals surface area contributed by atoms with Crippen molar-refractivity contribution in [3.8, 4) is 0 Å². The van der Waals surface area contributed by atoms with Crippen LogP contribution in [0.2, 0.25) is 10.0 Å². The summed E-state index contributed by atoms with van der Waals surface area (Å²) in [7, 11) is 0. The first kappa shape index (κ1) is 10.7. The monoisotopic (exact) mass is 247 g/mol. The van der Waals surface area contributed by atoms with Crippen molar-refractivity contribution in [1.82, 2.24) is 5.06 Å². The zero-order valence-electron chi connectivity index (χ0n) is 7.65. The smallest absolute Gasteiger partial charge is 0.306 e. The van der Waals surface area contributed by atoms with Crippen LogP contribution in [0.25, 0.3) is 0 Å². The van der Waals surface area contributed by atoms with Crippen LogP contribution in [-0.2, 0) is 4.79 Å². The summed E-state index contributed by atoms with van der Waals surface area (Å²) in [5.74, 6) is -0.328. The summed E-state index contributed by atoms with van der Waals surface area (Å²) >= 11 is 11.7. The Bertz CT molecular complexity index is 411. The number of carbonyl (C=O) groups excluding carboxylic acids is 1. The molecule has 15 heavy (non-hydrogen) atoms. The number of halogens is 2. The van der Waals surface area contributed by atoms with Gasteiger partial charge in [0.05, 0.1) is 10.6 Å². The molecule has 1 aromatic rings. The Morgan fingerprint density at radius 1 is 1.47 bits per heavy atom. The topological polar surface area (TPSA) is 57.2 Å². The van der Waals surface area contributed by atoms with E-state index in [1.54, 1.807) is 23.5 Å². The van der Waals surface area contributed by atoms with Gasteiger partial charge in [0, 0.05) is 5.02 Å². The summed E-state index contributed by atoms with van der Waals surface area (Å²) in [5.41, 5.74) is 0.675. The van der Waals surface area contributed by atoms with E-state index in [1.807, 2.05) is 0 Å². The highest BCUT2D eigenvalue weighted by Gasteiger charge is 2.36. The predicted molar refractivity (Wildman–Crippen MR) is 54.6 cm³/mol. The Labute approximate surface area is 96.3 Å². The molecule has 1 saturated heterocycles. The zero-order chi connectivity index (χ0) is 11.0. The first-order valence-corrected chi connectivity index (χ1v) is 5.14. The second kappa shape index (κ2) is 3.98. The van der Waals surface area contributed by atoms with E-state index in [4.69, 9.17) is 23.2 Å². The molecule has 1 aliphatic rings. The Morgan fingerprint density at radius 3 is 2.73 bits per heavy atom. The molecule has 0 aromatic heterocycles. The third-order valence-electron chi connectivity index (χ3n) is 2.32. The first-order valence-electron chi connectivity index (χ1n) is 4.39. The van der Waals surface area contributed by atoms with Gasteiger partial charge in [-0.1, -0.05) is 23.2 Å². The summed E-state index contributed by atoms with van der Waals surface area (Å²) in [6.07, 6.45) is -0.470. The first-order chi connectivity index (χ1) is 7.09. The molecule has 6 heteroatoms. The molecule has 4 nitrogen and oxygen atoms in total. The Balaban J connectivity index is 2.34. The fourth-order valence-electron chi connectivity index (χ4n) is 1.56. The largest absolute Gasteiger partial charge is 0.313 e. The zero-order valence-corrected chi connectivity index (χ0v) is 9.16. The number of hydrogen-bond acceptors (Lipinski definition) is 2. The molecular formula is C9H9Cl2N2O2+. The van der Waals surface area contributed by atoms with Crippen molar-refractivity contribution >= 4 is 29.1 Å². The van der Waals surface area contributed by atoms with Crippen molar-refractivity contribution in [2.24, 2.45) is 0 Å². The van der Waals surface area contributed by atoms with Gasteiger partial charge in [-0.05, 0) is 18.2 Å². The highest BCUT2D eigenvalue weighted by Crippen LogP contribution is 2.26. The molecule has 80 valence electrons. The maximum absolute atomic E-state index is 11.1. The van der Waals surface area contributed by atoms with Crippen LogP contribution in [-0.4, -0.2) is 22.7 Å². The number of amides is 1. The van der Waals surface area contributed by atoms with Crippen molar-refractivity contribution in [2.75, 3.05) is 6.54 Å². The van der Waals surface area contributed by atoms with Gasteiger partial charge in [-0.15, -0.1) is 0 Å². The summed E-state index contributed by atoms with van der Waals surface area (Å²) in [6, 6.07) is 4.96. The fourth-order valence-corrected chi connectivity index (χ4v) is 2.08. The van der Waals surface area contributed by atoms with Gasteiger partial charge in [0.2, 0.25) is 6.17 Å². The molecule has 0 unspecified atom stereocenters. The molecule has 1 atom stereocenters. The molecule has 1 heterocycles. The third kappa shape index (κ3) is 1.94. The molecule has 1 aliphatic heterocycles. The van der Waals surface area contributed by atoms with Crippen LogP contribution in [0.3, 0.4) is 0 Å². The Hall–Kier alpha value is -0.810. The van der Waals surface area contributed by atoms with Crippen LogP contribution in [0.1, 0.15) is 11.7 Å². The van der Waals surface area contributed by atoms with Crippen LogP contribution in [0.15, 0.2) is 18.2 Å². The fraction of sp³-hybridized carbons (Fsp3) is 0.222. The van der Waals surface area contributed by atoms with Gasteiger partial charge in [-0.3, -0.25) is 10.0 Å². The van der Waals surface area contributed by atoms with Gasteiger partial charge in [-0.2, -0.15) is 5.06 Å². The molecule has 0 radical (unpaired) electrons. The van der Waals surface area contributed by atoms with Gasteiger partial charge >= 0.3 is 5.91 Å². The SMILES string of the molecule is O=C1C[NH2+][C@@H](c2ccc(Cl)cc2Cl)N1O. The van der Waals surface area contributed by atoms with Crippen molar-refractivity contribution < 1.29 is 15.3 Å². The number of quaternary nitrogens is 1. The van der Waals surface area contributed by atoms with Gasteiger partial charge < -0.3 is 5.32 Å². The molecule has 0 saturated carbocycles. The second-order valence-corrected chi connectivity index (χ2v) is 4.13. The summed E-state index contributed by atoms with van der Waals surface area (Å²) in [6.45, 7) is 0.222. The lowest BCUT2D eigenvalue weighted by Gasteiger charge is -2.15. The Kier molecular flexibility index (Phi) is 2.84. The number of hydrogen-bond donors (Lipinski definition) is 2. The van der Waals surface area contributed by atoms with Crippen molar-refractivity contribution in [2.45, 2.75) is 6.17 Å². The normalized spacial score (nSPS) is 21.1. The number of nitrogens with zero attached hydrogens (tertiary/aromatic N) is 1. The summed E-state index contributed by atoms with van der Waals surface area (Å²) in [4.78, 5) is 11.1. The predicted octanol–water partition coefficient (Wildman–Crippen LogP) is 0.787. The standard InChI is InChI=1S/C9H8Cl2N2O2/c10-5-1-2-6(7(11)3-5)9-12-4-8(14)13(9)15/h1-3,9,12,15H,4H2/p+1/t9-/m1/s1. The highest BCUT2D eigenvalue weighted by atomic mass is 35.5. The maximum atomic E-state index is 11.1. The van der Waals surface area contributed by atoms with E-state index in [1.165, 1.54) is 0 Å². The minimum atomic E-state index is -0.470. The molecule has 2 rings (SSSR count). The summed E-state index contributed by atoms with van der Waals surface area (Å²) < 4.78 is 0. The van der Waals surface area contributed by atoms with E-state index >= 15 is 0 Å². The minimum absolute atomic E-state index is 0.222. The quantitative estimate of drug-likeness (QED) is 0.722. The van der Waals surface area contributed by atoms with E-state index in [9.17, 15) is 10.0 Å². The van der Waals surface area contributed by atoms with Crippen LogP contribution >= 0.6 is 23.2 Å². The van der Waals surface area contributed by atoms with E-state index < -0.39 is 6.17 Å². The lowest BCUT2D eigenvalue weighted by Crippen LogP contribution is -2.83. The molecule has 1 fully saturated rings. The van der Waals surface area contributed by atoms with Gasteiger partial charge in [0.1, 0.15) is 0 Å². The molecule has 0 bridgehead atoms. The lowest BCUT2D eigenvalue weighted by atomic mass is 10.2. The molecule has 0 spiro atoms. The van der Waals surface area contributed by atoms with Gasteiger partial charge in [0.25, 0.3) is 0 Å². The van der Waals surface area contributed by atoms with E-state index in [2.05, 4.69) is 0 Å². The van der Waals surface area contributed by atoms with E-state index in [-0.39, 0.29) is 12.5 Å². The number of rotatable bonds is 1. The van der Waals surface area contributed by atoms with Crippen LogP contribution < -0.4 is 5.32 Å². The van der Waals surface area contributed by atoms with Gasteiger partial charge in [-0.25, -0.2) is 0 Å². The minimum Gasteiger partial charge on any atom is -0.313 e. The number of hydroxylamine groups is 2. The summed E-state index contributed by atoms with van der Waals surface area (Å²) in [5, 5.41) is 12.8. The number of benzene rings is 1. The number of nitrogens with two attached hydrogens (primary N) is 1. The van der Waals surface area contributed by atoms with E-state index in [0.29, 0.717) is 20.7 Å². The molecular weight excluding hydrogens is 239 g/mol. The lowest BCUT2D eigenvalue weighted by molar-refractivity contribution is -0.694. The van der Waals surface area contributed by atoms with Crippen molar-refractivity contribution in [1.29, 1.82) is 0 Å². The molecule has 1 amide bonds. The van der Waals surface area contributed by atoms with Crippen LogP contribution in [0.5, 0.6) is 0 Å². The van der Waals surface area contributed by atoms with Crippen molar-refractivity contribution in [3.63, 3.8) is 0 Å². The van der Waals surface area contributed by atoms with Gasteiger partial charge in [0.15, 0.2) is 6.54 Å². The second-order valence-electron chi connectivity index (χ2n) is 3.29. The maximum Gasteiger partial charge on any atom is 0.306 e. The van der Waals surface area contributed by atoms with E-state index in [0.717, 1.165) is 0 Å². The van der Waals surface area contributed by atoms with Crippen LogP contribution in [0, 0.1) is 0 Å². The van der Waals surface area contributed by atoms with Crippen LogP contribution in [0.4, 0.5) is 0 Å². The molecule has 0 aliphatic carbocycles. The molecule has 3 N–H and O–H groups in total. The van der Waals surface area contributed by atoms with Crippen molar-refractivity contribution in [3.05, 3.63) is 33.8 Å². The highest BCUT2D eigenvalue weighted by molar-refractivity contribution is 6.35. The average Bonchev–Trinajstić information content (AvgIpc) is 2.49. The third-order valence-corrected chi connectivity index (χ3v) is 2.88. The number of carbonyl (C=O) groups is 1.